The Hall–Kier alpha value is -2.94. The van der Waals surface area contributed by atoms with E-state index in [0.717, 1.165) is 37.4 Å². The molecule has 0 atom stereocenters. The molecular formula is C19H21N5O. The van der Waals surface area contributed by atoms with Gasteiger partial charge in [0.25, 0.3) is 0 Å². The van der Waals surface area contributed by atoms with Crippen molar-refractivity contribution in [1.29, 1.82) is 5.26 Å². The molecule has 6 nitrogen and oxygen atoms in total. The third kappa shape index (κ3) is 4.13. The fourth-order valence-electron chi connectivity index (χ4n) is 3.18. The summed E-state index contributed by atoms with van der Waals surface area (Å²) in [5, 5.41) is 8.98. The van der Waals surface area contributed by atoms with Crippen molar-refractivity contribution in [1.82, 2.24) is 14.9 Å². The van der Waals surface area contributed by atoms with Gasteiger partial charge in [-0.3, -0.25) is 4.79 Å². The Bertz CT molecular complexity index is 763. The molecule has 1 saturated heterocycles. The first-order valence-electron chi connectivity index (χ1n) is 8.43. The van der Waals surface area contributed by atoms with Crippen LogP contribution in [-0.4, -0.2) is 40.9 Å². The van der Waals surface area contributed by atoms with E-state index in [4.69, 9.17) is 5.26 Å². The molecule has 1 aliphatic heterocycles. The summed E-state index contributed by atoms with van der Waals surface area (Å²) in [6.07, 6.45) is 5.09. The number of carbonyl (C=O) groups is 1. The van der Waals surface area contributed by atoms with Crippen LogP contribution < -0.4 is 4.90 Å². The van der Waals surface area contributed by atoms with Gasteiger partial charge in [-0.1, -0.05) is 12.1 Å². The number of piperidine rings is 1. The van der Waals surface area contributed by atoms with E-state index in [2.05, 4.69) is 20.9 Å². The molecule has 0 spiro atoms. The molecule has 1 aromatic heterocycles. The Morgan fingerprint density at radius 3 is 2.68 bits per heavy atom. The Labute approximate surface area is 147 Å². The highest BCUT2D eigenvalue weighted by molar-refractivity contribution is 5.79. The Balaban J connectivity index is 1.56. The van der Waals surface area contributed by atoms with Gasteiger partial charge in [-0.2, -0.15) is 5.26 Å². The normalized spacial score (nSPS) is 14.8. The van der Waals surface area contributed by atoms with Crippen molar-refractivity contribution in [3.63, 3.8) is 0 Å². The minimum Gasteiger partial charge on any atom is -0.341 e. The number of amides is 1. The molecule has 0 aliphatic carbocycles. The summed E-state index contributed by atoms with van der Waals surface area (Å²) >= 11 is 0. The molecule has 2 heterocycles. The zero-order valence-electron chi connectivity index (χ0n) is 14.3. The third-order valence-electron chi connectivity index (χ3n) is 4.53. The summed E-state index contributed by atoms with van der Waals surface area (Å²) in [5.41, 5.74) is 1.60. The van der Waals surface area contributed by atoms with E-state index < -0.39 is 0 Å². The zero-order valence-corrected chi connectivity index (χ0v) is 14.3. The van der Waals surface area contributed by atoms with Crippen LogP contribution in [0, 0.1) is 17.2 Å². The van der Waals surface area contributed by atoms with Gasteiger partial charge in [-0.05, 0) is 36.6 Å². The standard InChI is InChI=1S/C19H21N5O/c1-23(14-16-5-2-4-15(12-16)13-20)18(25)17-6-10-24(11-7-17)19-21-8-3-9-22-19/h2-5,8-9,12,17H,6-7,10-11,14H2,1H3. The van der Waals surface area contributed by atoms with Crippen LogP contribution in [-0.2, 0) is 11.3 Å². The average Bonchev–Trinajstić information content (AvgIpc) is 2.68. The summed E-state index contributed by atoms with van der Waals surface area (Å²) in [4.78, 5) is 25.1. The number of nitriles is 1. The number of hydrogen-bond donors (Lipinski definition) is 0. The van der Waals surface area contributed by atoms with Crippen LogP contribution >= 0.6 is 0 Å². The molecule has 1 aliphatic rings. The van der Waals surface area contributed by atoms with Gasteiger partial charge in [-0.15, -0.1) is 0 Å². The lowest BCUT2D eigenvalue weighted by atomic mass is 9.95. The van der Waals surface area contributed by atoms with Crippen LogP contribution in [0.15, 0.2) is 42.7 Å². The Morgan fingerprint density at radius 1 is 1.28 bits per heavy atom. The maximum Gasteiger partial charge on any atom is 0.225 e. The second kappa shape index (κ2) is 7.75. The molecule has 0 N–H and O–H groups in total. The summed E-state index contributed by atoms with van der Waals surface area (Å²) in [6.45, 7) is 2.10. The molecule has 128 valence electrons. The minimum atomic E-state index is 0.0316. The van der Waals surface area contributed by atoms with Crippen molar-refractivity contribution in [2.24, 2.45) is 5.92 Å². The Kier molecular flexibility index (Phi) is 5.24. The number of rotatable bonds is 4. The summed E-state index contributed by atoms with van der Waals surface area (Å²) < 4.78 is 0. The van der Waals surface area contributed by atoms with Crippen molar-refractivity contribution in [3.8, 4) is 6.07 Å². The van der Waals surface area contributed by atoms with E-state index >= 15 is 0 Å². The smallest absolute Gasteiger partial charge is 0.225 e. The molecule has 25 heavy (non-hydrogen) atoms. The van der Waals surface area contributed by atoms with Crippen molar-refractivity contribution >= 4 is 11.9 Å². The Morgan fingerprint density at radius 2 is 2.00 bits per heavy atom. The molecule has 2 aromatic rings. The van der Waals surface area contributed by atoms with Gasteiger partial charge in [0.2, 0.25) is 11.9 Å². The van der Waals surface area contributed by atoms with E-state index in [9.17, 15) is 4.79 Å². The SMILES string of the molecule is CN(Cc1cccc(C#N)c1)C(=O)C1CCN(c2ncccn2)CC1. The number of anilines is 1. The second-order valence-corrected chi connectivity index (χ2v) is 6.32. The third-order valence-corrected chi connectivity index (χ3v) is 4.53. The maximum atomic E-state index is 12.7. The first-order valence-corrected chi connectivity index (χ1v) is 8.43. The van der Waals surface area contributed by atoms with E-state index in [0.29, 0.717) is 12.1 Å². The van der Waals surface area contributed by atoms with Crippen molar-refractivity contribution in [2.75, 3.05) is 25.0 Å². The van der Waals surface area contributed by atoms with Gasteiger partial charge in [0.15, 0.2) is 0 Å². The van der Waals surface area contributed by atoms with Gasteiger partial charge < -0.3 is 9.80 Å². The molecule has 0 radical (unpaired) electrons. The van der Waals surface area contributed by atoms with E-state index in [1.807, 2.05) is 25.2 Å². The maximum absolute atomic E-state index is 12.7. The first-order chi connectivity index (χ1) is 12.2. The molecule has 1 amide bonds. The molecule has 0 bridgehead atoms. The quantitative estimate of drug-likeness (QED) is 0.856. The highest BCUT2D eigenvalue weighted by Gasteiger charge is 2.28. The molecule has 6 heteroatoms. The predicted molar refractivity (Wildman–Crippen MR) is 94.6 cm³/mol. The van der Waals surface area contributed by atoms with Crippen LogP contribution in [0.25, 0.3) is 0 Å². The fraction of sp³-hybridized carbons (Fsp3) is 0.368. The first kappa shape index (κ1) is 16.9. The zero-order chi connectivity index (χ0) is 17.6. The van der Waals surface area contributed by atoms with Crippen LogP contribution in [0.5, 0.6) is 0 Å². The van der Waals surface area contributed by atoms with Gasteiger partial charge in [0.05, 0.1) is 11.6 Å². The summed E-state index contributed by atoms with van der Waals surface area (Å²) in [7, 11) is 1.83. The molecule has 3 rings (SSSR count). The predicted octanol–water partition coefficient (Wildman–Crippen LogP) is 2.22. The highest BCUT2D eigenvalue weighted by Crippen LogP contribution is 2.22. The van der Waals surface area contributed by atoms with Crippen molar-refractivity contribution in [3.05, 3.63) is 53.9 Å². The number of hydrogen-bond acceptors (Lipinski definition) is 5. The highest BCUT2D eigenvalue weighted by atomic mass is 16.2. The number of carbonyl (C=O) groups excluding carboxylic acids is 1. The number of nitrogens with zero attached hydrogens (tertiary/aromatic N) is 5. The van der Waals surface area contributed by atoms with Crippen LogP contribution in [0.2, 0.25) is 0 Å². The van der Waals surface area contributed by atoms with Crippen LogP contribution in [0.3, 0.4) is 0 Å². The largest absolute Gasteiger partial charge is 0.341 e. The number of benzene rings is 1. The van der Waals surface area contributed by atoms with E-state index in [1.165, 1.54) is 0 Å². The number of aromatic nitrogens is 2. The molecule has 1 fully saturated rings. The fourth-order valence-corrected chi connectivity index (χ4v) is 3.18. The van der Waals surface area contributed by atoms with Gasteiger partial charge in [0.1, 0.15) is 0 Å². The molecule has 0 unspecified atom stereocenters. The van der Waals surface area contributed by atoms with Crippen LogP contribution in [0.4, 0.5) is 5.95 Å². The lowest BCUT2D eigenvalue weighted by Gasteiger charge is -2.33. The van der Waals surface area contributed by atoms with Gasteiger partial charge in [-0.25, -0.2) is 9.97 Å². The monoisotopic (exact) mass is 335 g/mol. The molecule has 0 saturated carbocycles. The van der Waals surface area contributed by atoms with Gasteiger partial charge >= 0.3 is 0 Å². The van der Waals surface area contributed by atoms with Crippen molar-refractivity contribution in [2.45, 2.75) is 19.4 Å². The van der Waals surface area contributed by atoms with Crippen LogP contribution in [0.1, 0.15) is 24.0 Å². The molecule has 1 aromatic carbocycles. The van der Waals surface area contributed by atoms with Crippen molar-refractivity contribution < 1.29 is 4.79 Å². The second-order valence-electron chi connectivity index (χ2n) is 6.32. The molecular weight excluding hydrogens is 314 g/mol. The van der Waals surface area contributed by atoms with E-state index in [1.54, 1.807) is 29.4 Å². The van der Waals surface area contributed by atoms with Gasteiger partial charge in [0, 0.05) is 45.0 Å². The topological polar surface area (TPSA) is 73.1 Å². The summed E-state index contributed by atoms with van der Waals surface area (Å²) in [5.74, 6) is 0.926. The lowest BCUT2D eigenvalue weighted by Crippen LogP contribution is -2.41. The van der Waals surface area contributed by atoms with E-state index in [-0.39, 0.29) is 11.8 Å². The lowest BCUT2D eigenvalue weighted by molar-refractivity contribution is -0.135. The average molecular weight is 335 g/mol. The minimum absolute atomic E-state index is 0.0316. The summed E-state index contributed by atoms with van der Waals surface area (Å²) in [6, 6.07) is 11.3.